The smallest absolute Gasteiger partial charge is 0.237 e. The number of amides is 1. The first-order valence-corrected chi connectivity index (χ1v) is 7.99. The average molecular weight is 282 g/mol. The summed E-state index contributed by atoms with van der Waals surface area (Å²) >= 11 is 0. The third kappa shape index (κ3) is 3.32. The summed E-state index contributed by atoms with van der Waals surface area (Å²) in [5, 5.41) is 3.26. The molecule has 5 nitrogen and oxygen atoms in total. The molecule has 3 unspecified atom stereocenters. The van der Waals surface area contributed by atoms with Crippen LogP contribution in [0, 0.1) is 0 Å². The molecule has 0 bridgehead atoms. The van der Waals surface area contributed by atoms with Gasteiger partial charge in [-0.15, -0.1) is 0 Å². The summed E-state index contributed by atoms with van der Waals surface area (Å²) in [5.41, 5.74) is 5.00. The summed E-state index contributed by atoms with van der Waals surface area (Å²) in [4.78, 5) is 16.9. The van der Waals surface area contributed by atoms with Crippen LogP contribution in [0.3, 0.4) is 0 Å². The van der Waals surface area contributed by atoms with E-state index in [1.54, 1.807) is 0 Å². The molecule has 0 aromatic heterocycles. The van der Waals surface area contributed by atoms with Crippen LogP contribution in [0.25, 0.3) is 0 Å². The van der Waals surface area contributed by atoms with E-state index in [9.17, 15) is 4.79 Å². The van der Waals surface area contributed by atoms with Crippen molar-refractivity contribution >= 4 is 5.91 Å². The molecule has 0 aliphatic carbocycles. The Morgan fingerprint density at radius 1 is 1.45 bits per heavy atom. The number of rotatable bonds is 6. The maximum Gasteiger partial charge on any atom is 0.237 e. The Bertz CT molecular complexity index is 349. The number of carbonyl (C=O) groups is 1. The van der Waals surface area contributed by atoms with Crippen molar-refractivity contribution in [3.05, 3.63) is 0 Å². The molecule has 2 aliphatic heterocycles. The van der Waals surface area contributed by atoms with Crippen LogP contribution in [0.5, 0.6) is 0 Å². The Balaban J connectivity index is 1.93. The Labute approximate surface area is 122 Å². The summed E-state index contributed by atoms with van der Waals surface area (Å²) in [6, 6.07) is 1.11. The number of nitrogens with two attached hydrogens (primary N) is 1. The van der Waals surface area contributed by atoms with Gasteiger partial charge < -0.3 is 11.1 Å². The molecule has 0 aromatic carbocycles. The molecule has 0 radical (unpaired) electrons. The van der Waals surface area contributed by atoms with Crippen LogP contribution in [0.4, 0.5) is 0 Å². The van der Waals surface area contributed by atoms with Gasteiger partial charge in [0.1, 0.15) is 0 Å². The molecule has 3 N–H and O–H groups in total. The first kappa shape index (κ1) is 15.7. The zero-order valence-corrected chi connectivity index (χ0v) is 13.2. The highest BCUT2D eigenvalue weighted by Gasteiger charge is 2.37. The molecular weight excluding hydrogens is 252 g/mol. The van der Waals surface area contributed by atoms with Crippen molar-refractivity contribution in [2.24, 2.45) is 5.73 Å². The number of hydrogen-bond donors (Lipinski definition) is 2. The lowest BCUT2D eigenvalue weighted by atomic mass is 9.91. The maximum atomic E-state index is 11.7. The predicted molar refractivity (Wildman–Crippen MR) is 81.5 cm³/mol. The van der Waals surface area contributed by atoms with E-state index in [-0.39, 0.29) is 5.91 Å². The largest absolute Gasteiger partial charge is 0.368 e. The summed E-state index contributed by atoms with van der Waals surface area (Å²) in [5.74, 6) is -0.245. The molecule has 0 saturated carbocycles. The van der Waals surface area contributed by atoms with Crippen LogP contribution in [0.1, 0.15) is 40.0 Å². The van der Waals surface area contributed by atoms with Crippen molar-refractivity contribution in [1.29, 1.82) is 0 Å². The zero-order chi connectivity index (χ0) is 14.8. The minimum absolute atomic E-state index is 0.245. The highest BCUT2D eigenvalue weighted by molar-refractivity contribution is 5.84. The maximum absolute atomic E-state index is 11.7. The lowest BCUT2D eigenvalue weighted by Gasteiger charge is -2.42. The van der Waals surface area contributed by atoms with Crippen LogP contribution in [-0.4, -0.2) is 66.1 Å². The SMILES string of the molecule is CCNC(C)(CC(C)N1CCN2CCCC2C1)C(N)=O. The van der Waals surface area contributed by atoms with Crippen molar-refractivity contribution < 1.29 is 4.79 Å². The molecule has 2 fully saturated rings. The van der Waals surface area contributed by atoms with Gasteiger partial charge in [-0.2, -0.15) is 0 Å². The second-order valence-corrected chi connectivity index (χ2v) is 6.61. The Morgan fingerprint density at radius 3 is 2.85 bits per heavy atom. The number of primary amides is 1. The second-order valence-electron chi connectivity index (χ2n) is 6.61. The first-order valence-electron chi connectivity index (χ1n) is 7.99. The summed E-state index contributed by atoms with van der Waals surface area (Å²) in [7, 11) is 0. The van der Waals surface area contributed by atoms with Crippen LogP contribution >= 0.6 is 0 Å². The zero-order valence-electron chi connectivity index (χ0n) is 13.2. The van der Waals surface area contributed by atoms with Crippen molar-refractivity contribution in [2.45, 2.75) is 57.7 Å². The highest BCUT2D eigenvalue weighted by Crippen LogP contribution is 2.25. The molecule has 20 heavy (non-hydrogen) atoms. The van der Waals surface area contributed by atoms with Gasteiger partial charge in [-0.3, -0.25) is 14.6 Å². The van der Waals surface area contributed by atoms with Gasteiger partial charge in [0.25, 0.3) is 0 Å². The number of carbonyl (C=O) groups excluding carboxylic acids is 1. The molecule has 116 valence electrons. The van der Waals surface area contributed by atoms with Crippen molar-refractivity contribution in [3.63, 3.8) is 0 Å². The topological polar surface area (TPSA) is 61.6 Å². The van der Waals surface area contributed by atoms with E-state index in [1.807, 2.05) is 13.8 Å². The van der Waals surface area contributed by atoms with Gasteiger partial charge in [0.05, 0.1) is 5.54 Å². The monoisotopic (exact) mass is 282 g/mol. The van der Waals surface area contributed by atoms with Crippen LogP contribution in [-0.2, 0) is 4.79 Å². The fourth-order valence-corrected chi connectivity index (χ4v) is 3.79. The van der Waals surface area contributed by atoms with Gasteiger partial charge in [0, 0.05) is 31.7 Å². The van der Waals surface area contributed by atoms with E-state index >= 15 is 0 Å². The van der Waals surface area contributed by atoms with Gasteiger partial charge in [-0.05, 0) is 46.2 Å². The number of piperazine rings is 1. The Morgan fingerprint density at radius 2 is 2.20 bits per heavy atom. The third-order valence-corrected chi connectivity index (χ3v) is 5.06. The average Bonchev–Trinajstić information content (AvgIpc) is 2.85. The molecule has 2 rings (SSSR count). The molecule has 2 aliphatic rings. The van der Waals surface area contributed by atoms with Crippen LogP contribution in [0.15, 0.2) is 0 Å². The number of nitrogens with one attached hydrogen (secondary N) is 1. The number of hydrogen-bond acceptors (Lipinski definition) is 4. The first-order chi connectivity index (χ1) is 9.46. The van der Waals surface area contributed by atoms with Crippen LogP contribution < -0.4 is 11.1 Å². The van der Waals surface area contributed by atoms with E-state index in [0.717, 1.165) is 32.1 Å². The van der Waals surface area contributed by atoms with Crippen molar-refractivity contribution in [2.75, 3.05) is 32.7 Å². The van der Waals surface area contributed by atoms with E-state index in [0.29, 0.717) is 6.04 Å². The number of nitrogens with zero attached hydrogens (tertiary/aromatic N) is 2. The van der Waals surface area contributed by atoms with E-state index in [2.05, 4.69) is 22.0 Å². The molecule has 3 atom stereocenters. The second kappa shape index (κ2) is 6.41. The number of fused-ring (bicyclic) bond motifs is 1. The van der Waals surface area contributed by atoms with Crippen LogP contribution in [0.2, 0.25) is 0 Å². The van der Waals surface area contributed by atoms with Gasteiger partial charge in [0.15, 0.2) is 0 Å². The predicted octanol–water partition coefficient (Wildman–Crippen LogP) is 0.399. The molecule has 5 heteroatoms. The Kier molecular flexibility index (Phi) is 5.04. The van der Waals surface area contributed by atoms with Crippen molar-refractivity contribution in [3.8, 4) is 0 Å². The molecule has 1 amide bonds. The van der Waals surface area contributed by atoms with E-state index < -0.39 is 5.54 Å². The fourth-order valence-electron chi connectivity index (χ4n) is 3.79. The van der Waals surface area contributed by atoms with Crippen molar-refractivity contribution in [1.82, 2.24) is 15.1 Å². The standard InChI is InChI=1S/C15H30N4O/c1-4-17-15(3,14(16)20)10-12(2)19-9-8-18-7-5-6-13(18)11-19/h12-13,17H,4-11H2,1-3H3,(H2,16,20). The summed E-state index contributed by atoms with van der Waals surface area (Å²) in [6.45, 7) is 11.6. The van der Waals surface area contributed by atoms with Gasteiger partial charge in [-0.25, -0.2) is 0 Å². The fraction of sp³-hybridized carbons (Fsp3) is 0.933. The molecule has 2 heterocycles. The van der Waals surface area contributed by atoms with E-state index in [4.69, 9.17) is 5.73 Å². The minimum Gasteiger partial charge on any atom is -0.368 e. The molecule has 0 aromatic rings. The van der Waals surface area contributed by atoms with E-state index in [1.165, 1.54) is 25.9 Å². The normalized spacial score (nSPS) is 28.9. The lowest BCUT2D eigenvalue weighted by molar-refractivity contribution is -0.124. The summed E-state index contributed by atoms with van der Waals surface area (Å²) in [6.07, 6.45) is 3.44. The van der Waals surface area contributed by atoms with Gasteiger partial charge >= 0.3 is 0 Å². The quantitative estimate of drug-likeness (QED) is 0.740. The lowest BCUT2D eigenvalue weighted by Crippen LogP contribution is -2.59. The molecular formula is C15H30N4O. The highest BCUT2D eigenvalue weighted by atomic mass is 16.1. The third-order valence-electron chi connectivity index (χ3n) is 5.06. The molecule has 0 spiro atoms. The van der Waals surface area contributed by atoms with Gasteiger partial charge in [-0.1, -0.05) is 6.92 Å². The summed E-state index contributed by atoms with van der Waals surface area (Å²) < 4.78 is 0. The molecule has 2 saturated heterocycles. The Hall–Kier alpha value is -0.650. The number of likely N-dealkylation sites (N-methyl/N-ethyl adjacent to an activating group) is 1. The van der Waals surface area contributed by atoms with Gasteiger partial charge in [0.2, 0.25) is 5.91 Å². The minimum atomic E-state index is -0.596.